The first-order valence-electron chi connectivity index (χ1n) is 4.47. The summed E-state index contributed by atoms with van der Waals surface area (Å²) in [5, 5.41) is 0. The van der Waals surface area contributed by atoms with Gasteiger partial charge in [0.2, 0.25) is 0 Å². The van der Waals surface area contributed by atoms with Gasteiger partial charge in [0, 0.05) is 0 Å². The Kier molecular flexibility index (Phi) is 6.02. The maximum atomic E-state index is 10.7. The Hall–Kier alpha value is -0.990. The maximum absolute atomic E-state index is 10.7. The molecule has 76 valence electrons. The van der Waals surface area contributed by atoms with Crippen LogP contribution in [0.5, 0.6) is 0 Å². The fourth-order valence-electron chi connectivity index (χ4n) is 0.894. The predicted molar refractivity (Wildman–Crippen MR) is 51.5 cm³/mol. The molecule has 0 aromatic heterocycles. The molecule has 0 heterocycles. The molecule has 0 N–H and O–H groups in total. The molecule has 0 spiro atoms. The molecule has 0 bridgehead atoms. The Bertz CT molecular complexity index is 164. The molecule has 13 heavy (non-hydrogen) atoms. The lowest BCUT2D eigenvalue weighted by molar-refractivity contribution is 0.0485. The molecule has 0 radical (unpaired) electrons. The van der Waals surface area contributed by atoms with Gasteiger partial charge < -0.3 is 9.47 Å². The van der Waals surface area contributed by atoms with E-state index in [0.29, 0.717) is 5.92 Å². The molecule has 0 aromatic carbocycles. The van der Waals surface area contributed by atoms with E-state index < -0.39 is 6.16 Å². The highest BCUT2D eigenvalue weighted by molar-refractivity contribution is 5.60. The van der Waals surface area contributed by atoms with Gasteiger partial charge in [-0.1, -0.05) is 26.5 Å². The molecular weight excluding hydrogens is 168 g/mol. The Balaban J connectivity index is 3.76. The predicted octanol–water partition coefficient (Wildman–Crippen LogP) is 2.76. The third-order valence-corrected chi connectivity index (χ3v) is 1.71. The van der Waals surface area contributed by atoms with E-state index in [1.54, 1.807) is 6.08 Å². The van der Waals surface area contributed by atoms with Crippen LogP contribution in [0, 0.1) is 5.92 Å². The quantitative estimate of drug-likeness (QED) is 0.489. The van der Waals surface area contributed by atoms with E-state index in [0.717, 1.165) is 12.8 Å². The normalized spacial score (nSPS) is 12.3. The van der Waals surface area contributed by atoms with Crippen LogP contribution in [0.4, 0.5) is 4.79 Å². The lowest BCUT2D eigenvalue weighted by Crippen LogP contribution is -2.16. The molecule has 1 atom stereocenters. The van der Waals surface area contributed by atoms with Gasteiger partial charge in [-0.2, -0.15) is 0 Å². The van der Waals surface area contributed by atoms with Crippen molar-refractivity contribution in [3.63, 3.8) is 0 Å². The van der Waals surface area contributed by atoms with Gasteiger partial charge in [0.05, 0.1) is 7.11 Å². The molecule has 0 fully saturated rings. The molecule has 0 aromatic rings. The largest absolute Gasteiger partial charge is 0.508 e. The minimum Gasteiger partial charge on any atom is -0.438 e. The van der Waals surface area contributed by atoms with Crippen molar-refractivity contribution >= 4 is 6.16 Å². The monoisotopic (exact) mass is 186 g/mol. The number of rotatable bonds is 5. The lowest BCUT2D eigenvalue weighted by Gasteiger charge is -2.13. The van der Waals surface area contributed by atoms with Crippen molar-refractivity contribution in [3.8, 4) is 0 Å². The lowest BCUT2D eigenvalue weighted by atomic mass is 10.1. The molecule has 3 nitrogen and oxygen atoms in total. The Morgan fingerprint density at radius 3 is 2.46 bits per heavy atom. The fourth-order valence-corrected chi connectivity index (χ4v) is 0.894. The minimum absolute atomic E-state index is 0.227. The van der Waals surface area contributed by atoms with E-state index in [2.05, 4.69) is 25.2 Å². The highest BCUT2D eigenvalue weighted by Gasteiger charge is 2.11. The zero-order chi connectivity index (χ0) is 10.3. The topological polar surface area (TPSA) is 35.5 Å². The van der Waals surface area contributed by atoms with Crippen molar-refractivity contribution in [1.29, 1.82) is 0 Å². The van der Waals surface area contributed by atoms with Gasteiger partial charge in [-0.15, -0.1) is 0 Å². The van der Waals surface area contributed by atoms with E-state index in [9.17, 15) is 4.79 Å². The Morgan fingerprint density at radius 1 is 1.46 bits per heavy atom. The molecule has 0 amide bonds. The van der Waals surface area contributed by atoms with Crippen molar-refractivity contribution in [2.75, 3.05) is 7.11 Å². The average molecular weight is 186 g/mol. The Labute approximate surface area is 79.7 Å². The van der Waals surface area contributed by atoms with Crippen molar-refractivity contribution in [2.24, 2.45) is 5.92 Å². The third kappa shape index (κ3) is 6.20. The molecule has 0 aliphatic rings. The van der Waals surface area contributed by atoms with E-state index in [4.69, 9.17) is 4.74 Å². The second-order valence-electron chi connectivity index (χ2n) is 3.32. The van der Waals surface area contributed by atoms with Gasteiger partial charge in [0.25, 0.3) is 0 Å². The number of methoxy groups -OCH3 is 1. The first-order chi connectivity index (χ1) is 6.10. The summed E-state index contributed by atoms with van der Waals surface area (Å²) in [6, 6.07) is 0. The fraction of sp³-hybridized carbons (Fsp3) is 0.700. The first-order valence-corrected chi connectivity index (χ1v) is 4.47. The van der Waals surface area contributed by atoms with Crippen LogP contribution < -0.4 is 0 Å². The summed E-state index contributed by atoms with van der Waals surface area (Å²) in [7, 11) is 1.30. The van der Waals surface area contributed by atoms with Crippen LogP contribution in [0.15, 0.2) is 12.7 Å². The summed E-state index contributed by atoms with van der Waals surface area (Å²) in [5.41, 5.74) is 0. The number of hydrogen-bond donors (Lipinski definition) is 0. The van der Waals surface area contributed by atoms with E-state index in [-0.39, 0.29) is 6.10 Å². The zero-order valence-corrected chi connectivity index (χ0v) is 8.58. The van der Waals surface area contributed by atoms with Gasteiger partial charge in [-0.25, -0.2) is 4.79 Å². The van der Waals surface area contributed by atoms with Gasteiger partial charge in [-0.05, 0) is 18.8 Å². The van der Waals surface area contributed by atoms with E-state index >= 15 is 0 Å². The number of carbonyl (C=O) groups excluding carboxylic acids is 1. The van der Waals surface area contributed by atoms with Crippen LogP contribution in [0.2, 0.25) is 0 Å². The van der Waals surface area contributed by atoms with Crippen molar-refractivity contribution < 1.29 is 14.3 Å². The van der Waals surface area contributed by atoms with Crippen molar-refractivity contribution in [1.82, 2.24) is 0 Å². The molecule has 0 saturated carbocycles. The van der Waals surface area contributed by atoms with Crippen LogP contribution in [0.1, 0.15) is 26.7 Å². The summed E-state index contributed by atoms with van der Waals surface area (Å²) in [5.74, 6) is 0.601. The zero-order valence-electron chi connectivity index (χ0n) is 8.58. The smallest absolute Gasteiger partial charge is 0.438 e. The van der Waals surface area contributed by atoms with Gasteiger partial charge in [0.15, 0.2) is 0 Å². The molecule has 3 heteroatoms. The molecule has 0 aliphatic carbocycles. The van der Waals surface area contributed by atoms with Gasteiger partial charge >= 0.3 is 6.16 Å². The summed E-state index contributed by atoms with van der Waals surface area (Å²) < 4.78 is 9.30. The number of ether oxygens (including phenoxy) is 2. The minimum atomic E-state index is -0.645. The van der Waals surface area contributed by atoms with Crippen LogP contribution >= 0.6 is 0 Å². The Morgan fingerprint density at radius 2 is 2.08 bits per heavy atom. The van der Waals surface area contributed by atoms with Crippen LogP contribution in [-0.2, 0) is 9.47 Å². The number of hydrogen-bond acceptors (Lipinski definition) is 3. The summed E-state index contributed by atoms with van der Waals surface area (Å²) >= 11 is 0. The first kappa shape index (κ1) is 12.0. The van der Waals surface area contributed by atoms with Crippen LogP contribution in [0.3, 0.4) is 0 Å². The second-order valence-corrected chi connectivity index (χ2v) is 3.32. The van der Waals surface area contributed by atoms with E-state index in [1.807, 2.05) is 0 Å². The van der Waals surface area contributed by atoms with Gasteiger partial charge in [0.1, 0.15) is 6.10 Å². The highest BCUT2D eigenvalue weighted by Crippen LogP contribution is 2.10. The maximum Gasteiger partial charge on any atom is 0.508 e. The molecule has 0 aliphatic heterocycles. The summed E-state index contributed by atoms with van der Waals surface area (Å²) in [6.07, 6.45) is 2.56. The van der Waals surface area contributed by atoms with Crippen LogP contribution in [-0.4, -0.2) is 19.4 Å². The van der Waals surface area contributed by atoms with Crippen molar-refractivity contribution in [3.05, 3.63) is 12.7 Å². The van der Waals surface area contributed by atoms with E-state index in [1.165, 1.54) is 7.11 Å². The SMILES string of the molecule is C=C[C@H](CCC(C)C)OC(=O)OC. The summed E-state index contributed by atoms with van der Waals surface area (Å²) in [6.45, 7) is 7.84. The highest BCUT2D eigenvalue weighted by atomic mass is 16.7. The third-order valence-electron chi connectivity index (χ3n) is 1.71. The second kappa shape index (κ2) is 6.52. The molecule has 0 saturated heterocycles. The summed E-state index contributed by atoms with van der Waals surface area (Å²) in [4.78, 5) is 10.7. The average Bonchev–Trinajstić information content (AvgIpc) is 2.11. The molecular formula is C10H18O3. The number of carbonyl (C=O) groups is 1. The molecule has 0 unspecified atom stereocenters. The standard InChI is InChI=1S/C10H18O3/c1-5-9(7-6-8(2)3)13-10(11)12-4/h5,8-9H,1,6-7H2,2-4H3/t9-/m1/s1. The van der Waals surface area contributed by atoms with Crippen LogP contribution in [0.25, 0.3) is 0 Å². The van der Waals surface area contributed by atoms with Gasteiger partial charge in [-0.3, -0.25) is 0 Å². The van der Waals surface area contributed by atoms with Crippen molar-refractivity contribution in [2.45, 2.75) is 32.8 Å². The molecule has 0 rings (SSSR count).